The van der Waals surface area contributed by atoms with Crippen molar-refractivity contribution in [2.45, 2.75) is 0 Å². The van der Waals surface area contributed by atoms with Gasteiger partial charge in [0.1, 0.15) is 5.82 Å². The van der Waals surface area contributed by atoms with E-state index < -0.39 is 0 Å². The van der Waals surface area contributed by atoms with Crippen molar-refractivity contribution in [1.29, 1.82) is 0 Å². The summed E-state index contributed by atoms with van der Waals surface area (Å²) in [6, 6.07) is 6.73. The van der Waals surface area contributed by atoms with Crippen molar-refractivity contribution in [1.82, 2.24) is 4.90 Å². The molecule has 1 fully saturated rings. The monoisotopic (exact) mass is 207 g/mol. The summed E-state index contributed by atoms with van der Waals surface area (Å²) in [5.41, 5.74) is 1.33. The van der Waals surface area contributed by atoms with Gasteiger partial charge in [-0.3, -0.25) is 0 Å². The van der Waals surface area contributed by atoms with Crippen LogP contribution in [0.3, 0.4) is 0 Å². The van der Waals surface area contributed by atoms with Gasteiger partial charge >= 0.3 is 0 Å². The van der Waals surface area contributed by atoms with Crippen LogP contribution in [0.2, 0.25) is 0 Å². The minimum absolute atomic E-state index is 0.214. The van der Waals surface area contributed by atoms with Crippen LogP contribution >= 0.6 is 0 Å². The number of hydrogen-bond donors (Lipinski definition) is 0. The molecule has 1 aliphatic rings. The van der Waals surface area contributed by atoms with Gasteiger partial charge in [0.05, 0.1) is 13.2 Å². The lowest BCUT2D eigenvalue weighted by Crippen LogP contribution is -2.34. The van der Waals surface area contributed by atoms with Gasteiger partial charge < -0.3 is 9.64 Å². The molecule has 0 N–H and O–H groups in total. The number of nitrogens with zero attached hydrogens (tertiary/aromatic N) is 1. The first-order chi connectivity index (χ1) is 7.29. The molecule has 2 rings (SSSR count). The lowest BCUT2D eigenvalue weighted by atomic mass is 10.1. The Morgan fingerprint density at radius 3 is 2.60 bits per heavy atom. The van der Waals surface area contributed by atoms with Gasteiger partial charge in [0, 0.05) is 24.4 Å². The maximum Gasteiger partial charge on any atom is 0.132 e. The molecule has 0 bridgehead atoms. The van der Waals surface area contributed by atoms with Crippen LogP contribution in [0.15, 0.2) is 30.8 Å². The Bertz CT molecular complexity index is 358. The van der Waals surface area contributed by atoms with Crippen LogP contribution in [0.5, 0.6) is 0 Å². The number of halogens is 1. The highest BCUT2D eigenvalue weighted by Gasteiger charge is 2.15. The van der Waals surface area contributed by atoms with E-state index in [-0.39, 0.29) is 5.82 Å². The Morgan fingerprint density at radius 1 is 1.27 bits per heavy atom. The van der Waals surface area contributed by atoms with Gasteiger partial charge in [-0.1, -0.05) is 18.7 Å². The molecule has 0 spiro atoms. The topological polar surface area (TPSA) is 12.5 Å². The Hall–Kier alpha value is -1.35. The second-order valence-electron chi connectivity index (χ2n) is 3.53. The van der Waals surface area contributed by atoms with Gasteiger partial charge in [0.2, 0.25) is 0 Å². The van der Waals surface area contributed by atoms with E-state index in [9.17, 15) is 4.39 Å². The number of rotatable bonds is 2. The molecule has 0 aromatic heterocycles. The minimum atomic E-state index is -0.214. The van der Waals surface area contributed by atoms with E-state index in [1.807, 2.05) is 6.07 Å². The van der Waals surface area contributed by atoms with E-state index in [4.69, 9.17) is 4.74 Å². The molecule has 1 aliphatic heterocycles. The van der Waals surface area contributed by atoms with E-state index in [2.05, 4.69) is 11.5 Å². The quantitative estimate of drug-likeness (QED) is 0.736. The van der Waals surface area contributed by atoms with Crippen LogP contribution in [0.1, 0.15) is 5.56 Å². The smallest absolute Gasteiger partial charge is 0.132 e. The molecule has 0 saturated carbocycles. The Morgan fingerprint density at radius 2 is 1.93 bits per heavy atom. The van der Waals surface area contributed by atoms with Crippen LogP contribution in [0.25, 0.3) is 5.70 Å². The maximum atomic E-state index is 13.5. The SMILES string of the molecule is C=C(c1ccccc1F)N1CCOCC1. The molecule has 0 amide bonds. The molecule has 0 atom stereocenters. The second-order valence-corrected chi connectivity index (χ2v) is 3.53. The van der Waals surface area contributed by atoms with Crippen LogP contribution < -0.4 is 0 Å². The fourth-order valence-corrected chi connectivity index (χ4v) is 1.70. The van der Waals surface area contributed by atoms with Gasteiger partial charge in [0.25, 0.3) is 0 Å². The number of morpholine rings is 1. The number of hydrogen-bond acceptors (Lipinski definition) is 2. The number of benzene rings is 1. The van der Waals surface area contributed by atoms with Gasteiger partial charge in [0.15, 0.2) is 0 Å². The zero-order chi connectivity index (χ0) is 10.7. The standard InChI is InChI=1S/C12H14FNO/c1-10(14-6-8-15-9-7-14)11-4-2-3-5-12(11)13/h2-5H,1,6-9H2. The molecule has 1 aromatic rings. The Kier molecular flexibility index (Phi) is 3.02. The molecule has 1 aromatic carbocycles. The predicted octanol–water partition coefficient (Wildman–Crippen LogP) is 2.13. The Labute approximate surface area is 89.0 Å². The van der Waals surface area contributed by atoms with E-state index >= 15 is 0 Å². The van der Waals surface area contributed by atoms with Crippen molar-refractivity contribution in [2.24, 2.45) is 0 Å². The fourth-order valence-electron chi connectivity index (χ4n) is 1.70. The molecule has 80 valence electrons. The van der Waals surface area contributed by atoms with E-state index in [1.54, 1.807) is 12.1 Å². The van der Waals surface area contributed by atoms with E-state index in [0.29, 0.717) is 18.8 Å². The van der Waals surface area contributed by atoms with Crippen molar-refractivity contribution in [3.05, 3.63) is 42.2 Å². The molecule has 3 heteroatoms. The fraction of sp³-hybridized carbons (Fsp3) is 0.333. The van der Waals surface area contributed by atoms with Crippen molar-refractivity contribution < 1.29 is 9.13 Å². The summed E-state index contributed by atoms with van der Waals surface area (Å²) in [6.07, 6.45) is 0. The normalized spacial score (nSPS) is 16.5. The molecule has 15 heavy (non-hydrogen) atoms. The summed E-state index contributed by atoms with van der Waals surface area (Å²) >= 11 is 0. The highest BCUT2D eigenvalue weighted by Crippen LogP contribution is 2.20. The molecular weight excluding hydrogens is 193 g/mol. The molecule has 0 radical (unpaired) electrons. The first kappa shape index (κ1) is 10.2. The second kappa shape index (κ2) is 4.45. The molecular formula is C12H14FNO. The van der Waals surface area contributed by atoms with Crippen LogP contribution in [0, 0.1) is 5.82 Å². The predicted molar refractivity (Wildman–Crippen MR) is 57.8 cm³/mol. The molecule has 1 saturated heterocycles. The molecule has 2 nitrogen and oxygen atoms in total. The van der Waals surface area contributed by atoms with Crippen LogP contribution in [-0.4, -0.2) is 31.2 Å². The van der Waals surface area contributed by atoms with Crippen LogP contribution in [-0.2, 0) is 4.74 Å². The van der Waals surface area contributed by atoms with Crippen molar-refractivity contribution >= 4 is 5.70 Å². The third-order valence-electron chi connectivity index (χ3n) is 2.58. The van der Waals surface area contributed by atoms with Gasteiger partial charge in [-0.15, -0.1) is 0 Å². The van der Waals surface area contributed by atoms with E-state index in [1.165, 1.54) is 6.07 Å². The first-order valence-corrected chi connectivity index (χ1v) is 5.05. The molecule has 0 unspecified atom stereocenters. The average Bonchev–Trinajstić information content (AvgIpc) is 2.30. The maximum absolute atomic E-state index is 13.5. The van der Waals surface area contributed by atoms with Gasteiger partial charge in [-0.05, 0) is 12.1 Å². The summed E-state index contributed by atoms with van der Waals surface area (Å²) in [5, 5.41) is 0. The first-order valence-electron chi connectivity index (χ1n) is 5.05. The molecule has 1 heterocycles. The lowest BCUT2D eigenvalue weighted by Gasteiger charge is -2.30. The van der Waals surface area contributed by atoms with Crippen molar-refractivity contribution in [3.8, 4) is 0 Å². The van der Waals surface area contributed by atoms with Crippen molar-refractivity contribution in [3.63, 3.8) is 0 Å². The average molecular weight is 207 g/mol. The third kappa shape index (κ3) is 2.18. The highest BCUT2D eigenvalue weighted by molar-refractivity contribution is 5.62. The highest BCUT2D eigenvalue weighted by atomic mass is 19.1. The molecule has 0 aliphatic carbocycles. The van der Waals surface area contributed by atoms with Crippen molar-refractivity contribution in [2.75, 3.05) is 26.3 Å². The van der Waals surface area contributed by atoms with Gasteiger partial charge in [-0.25, -0.2) is 4.39 Å². The van der Waals surface area contributed by atoms with Crippen LogP contribution in [0.4, 0.5) is 4.39 Å². The zero-order valence-corrected chi connectivity index (χ0v) is 8.58. The van der Waals surface area contributed by atoms with Gasteiger partial charge in [-0.2, -0.15) is 0 Å². The minimum Gasteiger partial charge on any atom is -0.378 e. The summed E-state index contributed by atoms with van der Waals surface area (Å²) < 4.78 is 18.7. The Balaban J connectivity index is 2.16. The van der Waals surface area contributed by atoms with E-state index in [0.717, 1.165) is 18.8 Å². The summed E-state index contributed by atoms with van der Waals surface area (Å²) in [6.45, 7) is 6.89. The largest absolute Gasteiger partial charge is 0.378 e. The lowest BCUT2D eigenvalue weighted by molar-refractivity contribution is 0.0639. The third-order valence-corrected chi connectivity index (χ3v) is 2.58. The summed E-state index contributed by atoms with van der Waals surface area (Å²) in [4.78, 5) is 2.06. The number of ether oxygens (including phenoxy) is 1. The summed E-state index contributed by atoms with van der Waals surface area (Å²) in [5.74, 6) is -0.214. The summed E-state index contributed by atoms with van der Waals surface area (Å²) in [7, 11) is 0. The zero-order valence-electron chi connectivity index (χ0n) is 8.58.